The normalized spacial score (nSPS) is 16.7. The van der Waals surface area contributed by atoms with Crippen molar-refractivity contribution in [2.75, 3.05) is 0 Å². The van der Waals surface area contributed by atoms with Crippen LogP contribution in [0.15, 0.2) is 0 Å². The van der Waals surface area contributed by atoms with Crippen LogP contribution in [-0.4, -0.2) is 35.5 Å². The molecule has 0 radical (unpaired) electrons. The molecule has 0 aliphatic rings. The van der Waals surface area contributed by atoms with E-state index in [1.165, 1.54) is 0 Å². The Labute approximate surface area is 132 Å². The van der Waals surface area contributed by atoms with Gasteiger partial charge in [0, 0.05) is 0 Å². The van der Waals surface area contributed by atoms with Crippen LogP contribution in [0.2, 0.25) is 0 Å². The monoisotopic (exact) mass is 466 g/mol. The Morgan fingerprint density at radius 1 is 0.577 bits per heavy atom. The topological polar surface area (TPSA) is 46.2 Å². The molecule has 156 valence electrons. The highest BCUT2D eigenvalue weighted by Gasteiger charge is 2.88. The maximum absolute atomic E-state index is 13.0. The smallest absolute Gasteiger partial charge is 0.289 e. The molecule has 0 aromatic carbocycles. The molecule has 0 aromatic rings. The minimum absolute atomic E-state index is 1.11. The SMILES string of the molecule is O=[P+](NP(=O)(C(F)(F)C(F)(F)F)C(F)(F)C(F)(F)F)C(F)(F)C(F)(F)F. The van der Waals surface area contributed by atoms with E-state index in [1.54, 1.807) is 0 Å². The lowest BCUT2D eigenvalue weighted by Crippen LogP contribution is -2.51. The summed E-state index contributed by atoms with van der Waals surface area (Å²) in [5.74, 6) is 0. The van der Waals surface area contributed by atoms with Crippen LogP contribution in [0.25, 0.3) is 0 Å². The van der Waals surface area contributed by atoms with Gasteiger partial charge >= 0.3 is 50.8 Å². The van der Waals surface area contributed by atoms with Crippen molar-refractivity contribution in [1.82, 2.24) is 4.86 Å². The van der Waals surface area contributed by atoms with Crippen LogP contribution in [-0.2, 0) is 9.13 Å². The van der Waals surface area contributed by atoms with Gasteiger partial charge in [-0.05, 0) is 9.42 Å². The summed E-state index contributed by atoms with van der Waals surface area (Å²) in [6, 6.07) is 0. The van der Waals surface area contributed by atoms with Gasteiger partial charge in [-0.3, -0.25) is 4.57 Å². The van der Waals surface area contributed by atoms with Crippen molar-refractivity contribution >= 4 is 15.2 Å². The second kappa shape index (κ2) is 6.40. The zero-order valence-corrected chi connectivity index (χ0v) is 12.7. The summed E-state index contributed by atoms with van der Waals surface area (Å²) in [5.41, 5.74) is -22.3. The molecule has 26 heavy (non-hydrogen) atoms. The molecule has 0 bridgehead atoms. The largest absolute Gasteiger partial charge is 0.559 e. The van der Waals surface area contributed by atoms with Crippen molar-refractivity contribution in [2.45, 2.75) is 35.5 Å². The molecule has 0 aliphatic heterocycles. The average molecular weight is 466 g/mol. The highest BCUT2D eigenvalue weighted by molar-refractivity contribution is 7.72. The molecule has 0 aliphatic carbocycles. The molecular weight excluding hydrogens is 465 g/mol. The van der Waals surface area contributed by atoms with Crippen LogP contribution >= 0.6 is 15.2 Å². The molecule has 0 saturated carbocycles. The lowest BCUT2D eigenvalue weighted by Gasteiger charge is -2.32. The van der Waals surface area contributed by atoms with Crippen LogP contribution in [0, 0.1) is 0 Å². The van der Waals surface area contributed by atoms with Crippen molar-refractivity contribution in [3.05, 3.63) is 0 Å². The van der Waals surface area contributed by atoms with Crippen molar-refractivity contribution in [1.29, 1.82) is 0 Å². The predicted octanol–water partition coefficient (Wildman–Crippen LogP) is 6.06. The first-order valence-corrected chi connectivity index (χ1v) is 8.03. The third-order valence-corrected chi connectivity index (χ3v) is 7.01. The molecule has 0 heterocycles. The van der Waals surface area contributed by atoms with Gasteiger partial charge in [-0.25, -0.2) is 0 Å². The fourth-order valence-corrected chi connectivity index (χ4v) is 4.79. The van der Waals surface area contributed by atoms with E-state index in [2.05, 4.69) is 0 Å². The van der Waals surface area contributed by atoms with Crippen LogP contribution in [0.4, 0.5) is 65.9 Å². The summed E-state index contributed by atoms with van der Waals surface area (Å²) in [7, 11) is -15.3. The van der Waals surface area contributed by atoms with Crippen LogP contribution in [0.3, 0.4) is 0 Å². The van der Waals surface area contributed by atoms with Crippen molar-refractivity contribution in [3.63, 3.8) is 0 Å². The van der Waals surface area contributed by atoms with E-state index in [1.807, 2.05) is 0 Å². The Morgan fingerprint density at radius 2 is 0.846 bits per heavy atom. The molecular formula is C6HF15NO2P2+. The third kappa shape index (κ3) is 3.77. The first-order chi connectivity index (χ1) is 10.9. The number of hydrogen-bond acceptors (Lipinski definition) is 2. The molecule has 20 heteroatoms. The number of hydrogen-bond donors (Lipinski definition) is 1. The number of halogens is 15. The van der Waals surface area contributed by atoms with Gasteiger partial charge in [-0.2, -0.15) is 57.1 Å². The fraction of sp³-hybridized carbons (Fsp3) is 1.00. The highest BCUT2D eigenvalue weighted by Crippen LogP contribution is 2.77. The zero-order valence-electron chi connectivity index (χ0n) is 10.9. The summed E-state index contributed by atoms with van der Waals surface area (Å²) in [6.45, 7) is 0. The van der Waals surface area contributed by atoms with Gasteiger partial charge in [0.05, 0.1) is 0 Å². The molecule has 3 nitrogen and oxygen atoms in total. The van der Waals surface area contributed by atoms with Gasteiger partial charge < -0.3 is 0 Å². The average Bonchev–Trinajstić information content (AvgIpc) is 2.33. The second-order valence-electron chi connectivity index (χ2n) is 4.12. The molecule has 1 atom stereocenters. The molecule has 0 spiro atoms. The predicted molar refractivity (Wildman–Crippen MR) is 51.4 cm³/mol. The highest BCUT2D eigenvalue weighted by atomic mass is 31.2. The quantitative estimate of drug-likeness (QED) is 0.396. The molecule has 1 N–H and O–H groups in total. The van der Waals surface area contributed by atoms with Gasteiger partial charge in [0.2, 0.25) is 0 Å². The van der Waals surface area contributed by atoms with Gasteiger partial charge in [0.15, 0.2) is 0 Å². The van der Waals surface area contributed by atoms with Gasteiger partial charge in [0.25, 0.3) is 0 Å². The number of alkyl halides is 15. The first kappa shape index (κ1) is 25.2. The van der Waals surface area contributed by atoms with E-state index < -0.39 is 55.6 Å². The van der Waals surface area contributed by atoms with E-state index >= 15 is 0 Å². The Balaban J connectivity index is 6.62. The first-order valence-electron chi connectivity index (χ1n) is 5.07. The van der Waals surface area contributed by atoms with Crippen molar-refractivity contribution < 1.29 is 75.0 Å². The Morgan fingerprint density at radius 3 is 1.04 bits per heavy atom. The zero-order chi connectivity index (χ0) is 21.8. The van der Waals surface area contributed by atoms with E-state index in [4.69, 9.17) is 0 Å². The van der Waals surface area contributed by atoms with Crippen LogP contribution < -0.4 is 4.86 Å². The number of rotatable bonds is 5. The van der Waals surface area contributed by atoms with Gasteiger partial charge in [-0.15, -0.1) is 8.78 Å². The summed E-state index contributed by atoms with van der Waals surface area (Å²) in [4.78, 5) is -1.11. The summed E-state index contributed by atoms with van der Waals surface area (Å²) >= 11 is 0. The lowest BCUT2D eigenvalue weighted by molar-refractivity contribution is -0.266. The maximum Gasteiger partial charge on any atom is 0.559 e. The molecule has 1 unspecified atom stereocenters. The standard InChI is InChI=1S/C6HF15NO2P2/c7-1(8,9)4(16,17)25(23)22-26(24,5(18,19)2(10,11)12)6(20,21)3(13,14)15/h(H,22,23,24)/q+1. The second-order valence-corrected chi connectivity index (χ2v) is 8.41. The van der Waals surface area contributed by atoms with E-state index in [0.29, 0.717) is 0 Å². The molecule has 0 amide bonds. The molecule has 0 fully saturated rings. The Bertz CT molecular complexity index is 571. The van der Waals surface area contributed by atoms with Gasteiger partial charge in [-0.1, -0.05) is 0 Å². The number of nitrogens with one attached hydrogen (secondary N) is 1. The molecule has 0 rings (SSSR count). The van der Waals surface area contributed by atoms with E-state index in [-0.39, 0.29) is 0 Å². The van der Waals surface area contributed by atoms with Gasteiger partial charge in [0.1, 0.15) is 0 Å². The summed E-state index contributed by atoms with van der Waals surface area (Å²) in [6.07, 6.45) is -22.2. The van der Waals surface area contributed by atoms with Crippen molar-refractivity contribution in [2.24, 2.45) is 0 Å². The minimum atomic E-state index is -9.02. The third-order valence-electron chi connectivity index (χ3n) is 2.30. The fourth-order valence-electron chi connectivity index (χ4n) is 0.965. The van der Waals surface area contributed by atoms with Crippen molar-refractivity contribution in [3.8, 4) is 0 Å². The Kier molecular flexibility index (Phi) is 6.21. The summed E-state index contributed by atoms with van der Waals surface area (Å²) < 4.78 is 207. The molecule has 0 aromatic heterocycles. The van der Waals surface area contributed by atoms with Crippen LogP contribution in [0.1, 0.15) is 0 Å². The minimum Gasteiger partial charge on any atom is -0.289 e. The lowest BCUT2D eigenvalue weighted by atomic mass is 10.7. The van der Waals surface area contributed by atoms with E-state index in [9.17, 15) is 75.0 Å². The summed E-state index contributed by atoms with van der Waals surface area (Å²) in [5, 5.41) is 0. The molecule has 0 saturated heterocycles. The maximum atomic E-state index is 13.0. The Hall–Kier alpha value is -0.760. The van der Waals surface area contributed by atoms with Crippen LogP contribution in [0.5, 0.6) is 0 Å². The van der Waals surface area contributed by atoms with E-state index in [0.717, 1.165) is 0 Å².